The second-order valence-electron chi connectivity index (χ2n) is 7.29. The number of aliphatic hydroxyl groups is 3. The molecular formula is C14H22O4. The highest BCUT2D eigenvalue weighted by molar-refractivity contribution is 5.94. The van der Waals surface area contributed by atoms with Gasteiger partial charge < -0.3 is 15.3 Å². The summed E-state index contributed by atoms with van der Waals surface area (Å²) in [7, 11) is 0. The second kappa shape index (κ2) is 3.35. The van der Waals surface area contributed by atoms with Crippen molar-refractivity contribution in [3.05, 3.63) is 0 Å². The lowest BCUT2D eigenvalue weighted by atomic mass is 9.67. The van der Waals surface area contributed by atoms with Crippen LogP contribution >= 0.6 is 0 Å². The molecule has 0 amide bonds. The molecule has 6 atom stereocenters. The fraction of sp³-hybridized carbons (Fsp3) is 0.929. The largest absolute Gasteiger partial charge is 0.396 e. The number of fused-ring (bicyclic) bond motifs is 3. The van der Waals surface area contributed by atoms with Crippen molar-refractivity contribution in [3.8, 4) is 0 Å². The smallest absolute Gasteiger partial charge is 0.170 e. The molecule has 0 aromatic rings. The standard InChI is InChI=1S/C14H22O4/c1-12(6-15)3-8-9(4-12)13(2)5-14(13,7-16)11(18)10(8)17/h8-10,15-17H,3-7H2,1-2H3/t8-,9-,10-,12-,13+,14+/m0/s1. The maximum absolute atomic E-state index is 12.3. The Morgan fingerprint density at radius 2 is 1.89 bits per heavy atom. The molecule has 0 unspecified atom stereocenters. The molecule has 0 bridgehead atoms. The number of hydrogen-bond donors (Lipinski definition) is 3. The molecule has 3 rings (SSSR count). The summed E-state index contributed by atoms with van der Waals surface area (Å²) in [5.74, 6) is 0.0345. The predicted molar refractivity (Wildman–Crippen MR) is 64.7 cm³/mol. The minimum Gasteiger partial charge on any atom is -0.396 e. The Kier molecular flexibility index (Phi) is 2.34. The number of carbonyl (C=O) groups is 1. The quantitative estimate of drug-likeness (QED) is 0.664. The fourth-order valence-corrected chi connectivity index (χ4v) is 4.86. The van der Waals surface area contributed by atoms with Crippen molar-refractivity contribution in [1.29, 1.82) is 0 Å². The molecule has 3 saturated carbocycles. The van der Waals surface area contributed by atoms with Gasteiger partial charge in [-0.25, -0.2) is 0 Å². The van der Waals surface area contributed by atoms with Gasteiger partial charge in [0.15, 0.2) is 5.78 Å². The van der Waals surface area contributed by atoms with Crippen LogP contribution in [0, 0.1) is 28.1 Å². The van der Waals surface area contributed by atoms with E-state index in [0.717, 1.165) is 6.42 Å². The zero-order valence-corrected chi connectivity index (χ0v) is 11.0. The highest BCUT2D eigenvalue weighted by atomic mass is 16.3. The van der Waals surface area contributed by atoms with Crippen molar-refractivity contribution < 1.29 is 20.1 Å². The maximum atomic E-state index is 12.3. The highest BCUT2D eigenvalue weighted by Crippen LogP contribution is 2.76. The maximum Gasteiger partial charge on any atom is 0.170 e. The van der Waals surface area contributed by atoms with Crippen LogP contribution in [0.25, 0.3) is 0 Å². The van der Waals surface area contributed by atoms with Gasteiger partial charge in [-0.05, 0) is 41.9 Å². The van der Waals surface area contributed by atoms with E-state index in [1.807, 2.05) is 6.92 Å². The van der Waals surface area contributed by atoms with Crippen LogP contribution in [-0.2, 0) is 4.79 Å². The average Bonchev–Trinajstić information content (AvgIpc) is 2.83. The van der Waals surface area contributed by atoms with E-state index in [0.29, 0.717) is 12.8 Å². The first-order valence-electron chi connectivity index (χ1n) is 6.78. The van der Waals surface area contributed by atoms with Crippen LogP contribution < -0.4 is 0 Å². The molecule has 3 aliphatic carbocycles. The van der Waals surface area contributed by atoms with Crippen molar-refractivity contribution in [2.45, 2.75) is 39.2 Å². The molecule has 0 heterocycles. The van der Waals surface area contributed by atoms with E-state index < -0.39 is 11.5 Å². The number of hydrogen-bond acceptors (Lipinski definition) is 4. The van der Waals surface area contributed by atoms with Crippen molar-refractivity contribution in [1.82, 2.24) is 0 Å². The number of carbonyl (C=O) groups excluding carboxylic acids is 1. The Hall–Kier alpha value is -0.450. The van der Waals surface area contributed by atoms with Crippen LogP contribution in [0.4, 0.5) is 0 Å². The highest BCUT2D eigenvalue weighted by Gasteiger charge is 2.78. The number of rotatable bonds is 2. The van der Waals surface area contributed by atoms with Crippen molar-refractivity contribution in [2.75, 3.05) is 13.2 Å². The summed E-state index contributed by atoms with van der Waals surface area (Å²) in [6, 6.07) is 0. The second-order valence-corrected chi connectivity index (χ2v) is 7.29. The molecule has 0 aromatic heterocycles. The van der Waals surface area contributed by atoms with Crippen LogP contribution in [0.5, 0.6) is 0 Å². The third-order valence-corrected chi connectivity index (χ3v) is 6.21. The molecule has 0 spiro atoms. The zero-order valence-electron chi connectivity index (χ0n) is 11.0. The monoisotopic (exact) mass is 254 g/mol. The molecule has 3 N–H and O–H groups in total. The zero-order chi connectivity index (χ0) is 13.3. The topological polar surface area (TPSA) is 77.8 Å². The van der Waals surface area contributed by atoms with Gasteiger partial charge >= 0.3 is 0 Å². The van der Waals surface area contributed by atoms with E-state index in [-0.39, 0.29) is 41.7 Å². The molecule has 0 aromatic carbocycles. The first-order valence-corrected chi connectivity index (χ1v) is 6.78. The van der Waals surface area contributed by atoms with E-state index in [9.17, 15) is 20.1 Å². The summed E-state index contributed by atoms with van der Waals surface area (Å²) in [6.45, 7) is 4.03. The van der Waals surface area contributed by atoms with E-state index >= 15 is 0 Å². The molecule has 0 radical (unpaired) electrons. The molecule has 3 fully saturated rings. The first kappa shape index (κ1) is 12.6. The lowest BCUT2D eigenvalue weighted by Gasteiger charge is -2.38. The van der Waals surface area contributed by atoms with E-state index in [1.54, 1.807) is 0 Å². The first-order chi connectivity index (χ1) is 8.33. The molecule has 4 heteroatoms. The van der Waals surface area contributed by atoms with Gasteiger partial charge in [0.2, 0.25) is 0 Å². The Bertz CT molecular complexity index is 409. The summed E-state index contributed by atoms with van der Waals surface area (Å²) < 4.78 is 0. The Morgan fingerprint density at radius 3 is 2.44 bits per heavy atom. The SMILES string of the molecule is C[C@]1(CO)C[C@@H]2[C@H](O)C(=O)[C@]3(CO)C[C@]3(C)[C@H]2C1. The third-order valence-electron chi connectivity index (χ3n) is 6.21. The molecule has 18 heavy (non-hydrogen) atoms. The molecule has 0 saturated heterocycles. The van der Waals surface area contributed by atoms with Gasteiger partial charge in [0.05, 0.1) is 12.0 Å². The summed E-state index contributed by atoms with van der Waals surface area (Å²) in [4.78, 5) is 12.3. The predicted octanol–water partition coefficient (Wildman–Crippen LogP) is 0.343. The number of ketones is 1. The van der Waals surface area contributed by atoms with E-state index in [2.05, 4.69) is 6.92 Å². The fourth-order valence-electron chi connectivity index (χ4n) is 4.86. The Balaban J connectivity index is 1.98. The Morgan fingerprint density at radius 1 is 1.22 bits per heavy atom. The summed E-state index contributed by atoms with van der Waals surface area (Å²) >= 11 is 0. The van der Waals surface area contributed by atoms with Crippen LogP contribution in [-0.4, -0.2) is 40.4 Å². The normalized spacial score (nSPS) is 58.3. The van der Waals surface area contributed by atoms with Crippen molar-refractivity contribution in [3.63, 3.8) is 0 Å². The van der Waals surface area contributed by atoms with Gasteiger partial charge in [-0.15, -0.1) is 0 Å². The molecular weight excluding hydrogens is 232 g/mol. The number of Topliss-reactive ketones (excluding diaryl/α,β-unsaturated/α-hetero) is 1. The van der Waals surface area contributed by atoms with E-state index in [4.69, 9.17) is 0 Å². The lowest BCUT2D eigenvalue weighted by Crippen LogP contribution is -2.48. The van der Waals surface area contributed by atoms with Gasteiger partial charge in [-0.2, -0.15) is 0 Å². The van der Waals surface area contributed by atoms with E-state index in [1.165, 1.54) is 0 Å². The van der Waals surface area contributed by atoms with Gasteiger partial charge in [-0.1, -0.05) is 13.8 Å². The molecule has 3 aliphatic rings. The minimum absolute atomic E-state index is 0.0400. The van der Waals surface area contributed by atoms with Gasteiger partial charge in [-0.3, -0.25) is 4.79 Å². The third kappa shape index (κ3) is 1.19. The van der Waals surface area contributed by atoms with Gasteiger partial charge in [0.25, 0.3) is 0 Å². The van der Waals surface area contributed by atoms with Crippen LogP contribution in [0.2, 0.25) is 0 Å². The minimum atomic E-state index is -0.953. The molecule has 4 nitrogen and oxygen atoms in total. The summed E-state index contributed by atoms with van der Waals surface area (Å²) in [5, 5.41) is 29.3. The van der Waals surface area contributed by atoms with Crippen LogP contribution in [0.1, 0.15) is 33.1 Å². The van der Waals surface area contributed by atoms with Crippen molar-refractivity contribution >= 4 is 5.78 Å². The van der Waals surface area contributed by atoms with Gasteiger partial charge in [0, 0.05) is 6.61 Å². The molecule has 0 aliphatic heterocycles. The summed E-state index contributed by atoms with van der Waals surface area (Å²) in [6.07, 6.45) is 1.29. The molecule has 102 valence electrons. The Labute approximate surface area is 107 Å². The van der Waals surface area contributed by atoms with Crippen molar-refractivity contribution in [2.24, 2.45) is 28.1 Å². The average molecular weight is 254 g/mol. The number of aliphatic hydroxyl groups excluding tert-OH is 3. The van der Waals surface area contributed by atoms with Crippen LogP contribution in [0.3, 0.4) is 0 Å². The van der Waals surface area contributed by atoms with Gasteiger partial charge in [0.1, 0.15) is 6.10 Å². The lowest BCUT2D eigenvalue weighted by molar-refractivity contribution is -0.146. The summed E-state index contributed by atoms with van der Waals surface area (Å²) in [5.41, 5.74) is -1.06. The van der Waals surface area contributed by atoms with Crippen LogP contribution in [0.15, 0.2) is 0 Å².